The van der Waals surface area contributed by atoms with E-state index in [9.17, 15) is 24.8 Å². The van der Waals surface area contributed by atoms with Gasteiger partial charge >= 0.3 is 5.69 Å². The van der Waals surface area contributed by atoms with E-state index >= 15 is 0 Å². The first-order chi connectivity index (χ1) is 13.9. The number of imide groups is 1. The SMILES string of the molecule is Cc1ccc(Oc2ccc3c4c(cccc24)C(=O)N(CCO)C3=O)c([N+](=O)[O-])c1. The zero-order chi connectivity index (χ0) is 20.7. The van der Waals surface area contributed by atoms with Crippen LogP contribution in [0.2, 0.25) is 0 Å². The average molecular weight is 392 g/mol. The van der Waals surface area contributed by atoms with Gasteiger partial charge in [-0.25, -0.2) is 0 Å². The van der Waals surface area contributed by atoms with Crippen LogP contribution in [0.3, 0.4) is 0 Å². The van der Waals surface area contributed by atoms with Crippen molar-refractivity contribution in [2.75, 3.05) is 13.2 Å². The zero-order valence-electron chi connectivity index (χ0n) is 15.4. The molecule has 29 heavy (non-hydrogen) atoms. The summed E-state index contributed by atoms with van der Waals surface area (Å²) < 4.78 is 5.84. The molecule has 1 aliphatic heterocycles. The molecule has 0 aliphatic carbocycles. The van der Waals surface area contributed by atoms with Gasteiger partial charge in [-0.3, -0.25) is 24.6 Å². The fraction of sp³-hybridized carbons (Fsp3) is 0.143. The molecule has 0 unspecified atom stereocenters. The van der Waals surface area contributed by atoms with Crippen molar-refractivity contribution >= 4 is 28.3 Å². The molecule has 0 bridgehead atoms. The number of carbonyl (C=O) groups is 2. The lowest BCUT2D eigenvalue weighted by molar-refractivity contribution is -0.385. The van der Waals surface area contributed by atoms with E-state index in [1.807, 2.05) is 0 Å². The van der Waals surface area contributed by atoms with Crippen molar-refractivity contribution in [3.05, 3.63) is 75.3 Å². The standard InChI is InChI=1S/C21H16N2O6/c1-12-5-7-18(16(11-12)23(27)28)29-17-8-6-15-19-13(17)3-2-4-14(19)20(25)22(9-10-24)21(15)26/h2-8,11,24H,9-10H2,1H3. The number of aliphatic hydroxyl groups is 1. The van der Waals surface area contributed by atoms with Crippen LogP contribution in [0.5, 0.6) is 11.5 Å². The van der Waals surface area contributed by atoms with Crippen LogP contribution >= 0.6 is 0 Å². The predicted octanol–water partition coefficient (Wildman–Crippen LogP) is 3.44. The Labute approximate surface area is 165 Å². The molecule has 8 nitrogen and oxygen atoms in total. The number of nitro benzene ring substituents is 1. The number of nitrogens with zero attached hydrogens (tertiary/aromatic N) is 2. The highest BCUT2D eigenvalue weighted by Crippen LogP contribution is 2.39. The number of hydrogen-bond acceptors (Lipinski definition) is 6. The van der Waals surface area contributed by atoms with Crippen LogP contribution in [0.15, 0.2) is 48.5 Å². The van der Waals surface area contributed by atoms with Gasteiger partial charge in [-0.15, -0.1) is 0 Å². The first-order valence-electron chi connectivity index (χ1n) is 8.88. The number of hydrogen-bond donors (Lipinski definition) is 1. The molecule has 8 heteroatoms. The van der Waals surface area contributed by atoms with Crippen LogP contribution in [0.25, 0.3) is 10.8 Å². The largest absolute Gasteiger partial charge is 0.449 e. The van der Waals surface area contributed by atoms with Crippen molar-refractivity contribution in [2.45, 2.75) is 6.92 Å². The number of carbonyl (C=O) groups excluding carboxylic acids is 2. The van der Waals surface area contributed by atoms with Gasteiger partial charge < -0.3 is 9.84 Å². The molecule has 0 atom stereocenters. The van der Waals surface area contributed by atoms with Crippen molar-refractivity contribution in [3.63, 3.8) is 0 Å². The molecule has 1 N–H and O–H groups in total. The second-order valence-corrected chi connectivity index (χ2v) is 6.66. The third-order valence-corrected chi connectivity index (χ3v) is 4.81. The molecule has 3 aromatic rings. The first kappa shape index (κ1) is 18.6. The summed E-state index contributed by atoms with van der Waals surface area (Å²) in [6.45, 7) is 1.32. The van der Waals surface area contributed by atoms with E-state index < -0.39 is 16.7 Å². The summed E-state index contributed by atoms with van der Waals surface area (Å²) >= 11 is 0. The second kappa shape index (κ2) is 6.99. The molecule has 2 amide bonds. The van der Waals surface area contributed by atoms with Crippen molar-refractivity contribution in [1.29, 1.82) is 0 Å². The molecule has 3 aromatic carbocycles. The van der Waals surface area contributed by atoms with E-state index in [1.165, 1.54) is 18.2 Å². The molecule has 0 spiro atoms. The van der Waals surface area contributed by atoms with E-state index in [1.54, 1.807) is 37.3 Å². The molecule has 0 aromatic heterocycles. The summed E-state index contributed by atoms with van der Waals surface area (Å²) in [7, 11) is 0. The highest BCUT2D eigenvalue weighted by Gasteiger charge is 2.33. The van der Waals surface area contributed by atoms with Gasteiger partial charge in [0.1, 0.15) is 5.75 Å². The summed E-state index contributed by atoms with van der Waals surface area (Å²) in [5.41, 5.74) is 1.18. The number of benzene rings is 3. The third-order valence-electron chi connectivity index (χ3n) is 4.81. The number of aliphatic hydroxyl groups excluding tert-OH is 1. The van der Waals surface area contributed by atoms with Crippen LogP contribution in [0.4, 0.5) is 5.69 Å². The van der Waals surface area contributed by atoms with E-state index in [0.29, 0.717) is 27.6 Å². The van der Waals surface area contributed by atoms with Gasteiger partial charge in [0.25, 0.3) is 11.8 Å². The van der Waals surface area contributed by atoms with Gasteiger partial charge in [0.15, 0.2) is 0 Å². The lowest BCUT2D eigenvalue weighted by Gasteiger charge is -2.27. The molecule has 146 valence electrons. The van der Waals surface area contributed by atoms with Crippen LogP contribution in [-0.4, -0.2) is 39.9 Å². The number of β-amino-alcohol motifs (C(OH)–C–C–N with tert-alkyl or cyclic N) is 1. The maximum Gasteiger partial charge on any atom is 0.311 e. The van der Waals surface area contributed by atoms with Gasteiger partial charge in [0, 0.05) is 28.0 Å². The maximum atomic E-state index is 12.7. The highest BCUT2D eigenvalue weighted by atomic mass is 16.6. The van der Waals surface area contributed by atoms with E-state index in [0.717, 1.165) is 10.5 Å². The fourth-order valence-corrected chi connectivity index (χ4v) is 3.49. The van der Waals surface area contributed by atoms with Crippen LogP contribution < -0.4 is 4.74 Å². The van der Waals surface area contributed by atoms with Crippen molar-refractivity contribution in [1.82, 2.24) is 4.90 Å². The monoisotopic (exact) mass is 392 g/mol. The predicted molar refractivity (Wildman–Crippen MR) is 104 cm³/mol. The minimum Gasteiger partial charge on any atom is -0.449 e. The van der Waals surface area contributed by atoms with Gasteiger partial charge in [-0.1, -0.05) is 18.2 Å². The number of amides is 2. The van der Waals surface area contributed by atoms with Crippen molar-refractivity contribution in [2.24, 2.45) is 0 Å². The lowest BCUT2D eigenvalue weighted by atomic mass is 9.93. The van der Waals surface area contributed by atoms with Crippen LogP contribution in [0.1, 0.15) is 26.3 Å². The molecule has 0 saturated carbocycles. The summed E-state index contributed by atoms with van der Waals surface area (Å²) in [5, 5.41) is 21.5. The van der Waals surface area contributed by atoms with Gasteiger partial charge in [-0.2, -0.15) is 0 Å². The normalized spacial score (nSPS) is 13.1. The Morgan fingerprint density at radius 2 is 1.72 bits per heavy atom. The van der Waals surface area contributed by atoms with Gasteiger partial charge in [0.2, 0.25) is 5.75 Å². The van der Waals surface area contributed by atoms with E-state index in [-0.39, 0.29) is 24.6 Å². The Kier molecular flexibility index (Phi) is 4.48. The number of nitro groups is 1. The van der Waals surface area contributed by atoms with Crippen LogP contribution in [0, 0.1) is 17.0 Å². The Hall–Kier alpha value is -3.78. The van der Waals surface area contributed by atoms with Gasteiger partial charge in [0.05, 0.1) is 18.1 Å². The minimum absolute atomic E-state index is 0.0664. The molecule has 4 rings (SSSR count). The number of rotatable bonds is 5. The van der Waals surface area contributed by atoms with Crippen molar-refractivity contribution < 1.29 is 24.4 Å². The quantitative estimate of drug-likeness (QED) is 0.405. The molecule has 1 heterocycles. The summed E-state index contributed by atoms with van der Waals surface area (Å²) in [6, 6.07) is 12.7. The van der Waals surface area contributed by atoms with Crippen molar-refractivity contribution in [3.8, 4) is 11.5 Å². The van der Waals surface area contributed by atoms with E-state index in [2.05, 4.69) is 0 Å². The number of ether oxygens (including phenoxy) is 1. The smallest absolute Gasteiger partial charge is 0.311 e. The summed E-state index contributed by atoms with van der Waals surface area (Å²) in [6.07, 6.45) is 0. The zero-order valence-corrected chi connectivity index (χ0v) is 15.4. The second-order valence-electron chi connectivity index (χ2n) is 6.66. The molecule has 0 radical (unpaired) electrons. The third kappa shape index (κ3) is 2.99. The molecule has 0 fully saturated rings. The Bertz CT molecular complexity index is 1170. The topological polar surface area (TPSA) is 110 Å². The fourth-order valence-electron chi connectivity index (χ4n) is 3.49. The Morgan fingerprint density at radius 1 is 1.03 bits per heavy atom. The summed E-state index contributed by atoms with van der Waals surface area (Å²) in [4.78, 5) is 37.3. The molecular formula is C21H16N2O6. The summed E-state index contributed by atoms with van der Waals surface area (Å²) in [5.74, 6) is -0.633. The maximum absolute atomic E-state index is 12.7. The average Bonchev–Trinajstić information content (AvgIpc) is 2.71. The Balaban J connectivity index is 1.87. The minimum atomic E-state index is -0.521. The Morgan fingerprint density at radius 3 is 2.41 bits per heavy atom. The first-order valence-corrected chi connectivity index (χ1v) is 8.88. The molecule has 0 saturated heterocycles. The molecular weight excluding hydrogens is 376 g/mol. The highest BCUT2D eigenvalue weighted by molar-refractivity contribution is 6.26. The molecule has 1 aliphatic rings. The number of aryl methyl sites for hydroxylation is 1. The lowest BCUT2D eigenvalue weighted by Crippen LogP contribution is -2.41. The van der Waals surface area contributed by atoms with Crippen LogP contribution in [-0.2, 0) is 0 Å². The van der Waals surface area contributed by atoms with Gasteiger partial charge in [-0.05, 0) is 36.8 Å². The van der Waals surface area contributed by atoms with E-state index in [4.69, 9.17) is 4.74 Å².